The Hall–Kier alpha value is -2.50. The summed E-state index contributed by atoms with van der Waals surface area (Å²) in [6.45, 7) is 0. The van der Waals surface area contributed by atoms with Crippen LogP contribution in [0.2, 0.25) is 5.02 Å². The molecule has 0 spiro atoms. The number of thioether (sulfide) groups is 1. The molecule has 0 aromatic heterocycles. The zero-order valence-corrected chi connectivity index (χ0v) is 15.5. The monoisotopic (exact) mass is 386 g/mol. The second kappa shape index (κ2) is 8.25. The Labute approximate surface area is 160 Å². The van der Waals surface area contributed by atoms with Crippen molar-refractivity contribution in [1.29, 1.82) is 0 Å². The summed E-state index contributed by atoms with van der Waals surface area (Å²) in [6.07, 6.45) is 1.85. The van der Waals surface area contributed by atoms with Crippen molar-refractivity contribution in [2.24, 2.45) is 0 Å². The molecule has 0 atom stereocenters. The minimum atomic E-state index is -0.522. The second-order valence-corrected chi connectivity index (χ2v) is 6.86. The molecule has 3 rings (SSSR count). The van der Waals surface area contributed by atoms with Gasteiger partial charge in [-0.15, -0.1) is 11.8 Å². The predicted molar refractivity (Wildman–Crippen MR) is 103 cm³/mol. The average molecular weight is 387 g/mol. The highest BCUT2D eigenvalue weighted by Crippen LogP contribution is 2.39. The van der Waals surface area contributed by atoms with Crippen molar-refractivity contribution in [2.45, 2.75) is 0 Å². The van der Waals surface area contributed by atoms with E-state index in [2.05, 4.69) is 0 Å². The quantitative estimate of drug-likeness (QED) is 0.712. The van der Waals surface area contributed by atoms with E-state index in [4.69, 9.17) is 21.1 Å². The highest BCUT2D eigenvalue weighted by molar-refractivity contribution is 8.04. The molecule has 6 heteroatoms. The first kappa shape index (κ1) is 18.3. The summed E-state index contributed by atoms with van der Waals surface area (Å²) in [4.78, 5) is 25.2. The molecule has 1 heterocycles. The molecule has 0 unspecified atom stereocenters. The SMILES string of the molecule is COC(=O)C1=C(OC(=O)c2ccccc2)/C(=C/c2ccc(Cl)cc2)SC1. The van der Waals surface area contributed by atoms with Gasteiger partial charge in [0.1, 0.15) is 0 Å². The van der Waals surface area contributed by atoms with Crippen LogP contribution in [0.4, 0.5) is 0 Å². The number of esters is 2. The summed E-state index contributed by atoms with van der Waals surface area (Å²) in [7, 11) is 1.30. The zero-order valence-electron chi connectivity index (χ0n) is 13.9. The van der Waals surface area contributed by atoms with Crippen LogP contribution >= 0.6 is 23.4 Å². The molecule has 0 amide bonds. The van der Waals surface area contributed by atoms with Gasteiger partial charge < -0.3 is 9.47 Å². The summed E-state index contributed by atoms with van der Waals surface area (Å²) in [5.74, 6) is -0.409. The van der Waals surface area contributed by atoms with E-state index in [0.717, 1.165) is 5.56 Å². The Kier molecular flexibility index (Phi) is 5.81. The third kappa shape index (κ3) is 4.18. The first-order valence-corrected chi connectivity index (χ1v) is 9.14. The van der Waals surface area contributed by atoms with Crippen LogP contribution in [-0.2, 0) is 14.3 Å². The van der Waals surface area contributed by atoms with E-state index in [9.17, 15) is 9.59 Å². The van der Waals surface area contributed by atoms with Gasteiger partial charge in [0.2, 0.25) is 0 Å². The van der Waals surface area contributed by atoms with Crippen molar-refractivity contribution < 1.29 is 19.1 Å². The van der Waals surface area contributed by atoms with Gasteiger partial charge in [-0.1, -0.05) is 41.9 Å². The Morgan fingerprint density at radius 1 is 1.04 bits per heavy atom. The van der Waals surface area contributed by atoms with Gasteiger partial charge in [-0.3, -0.25) is 0 Å². The lowest BCUT2D eigenvalue weighted by Gasteiger charge is -2.09. The molecule has 132 valence electrons. The highest BCUT2D eigenvalue weighted by Gasteiger charge is 2.30. The highest BCUT2D eigenvalue weighted by atomic mass is 35.5. The smallest absolute Gasteiger partial charge is 0.343 e. The molecule has 0 fully saturated rings. The van der Waals surface area contributed by atoms with E-state index < -0.39 is 11.9 Å². The first-order chi connectivity index (χ1) is 12.6. The van der Waals surface area contributed by atoms with Crippen molar-refractivity contribution in [3.8, 4) is 0 Å². The van der Waals surface area contributed by atoms with Crippen LogP contribution in [0.3, 0.4) is 0 Å². The van der Waals surface area contributed by atoms with Crippen LogP contribution in [0.5, 0.6) is 0 Å². The summed E-state index contributed by atoms with van der Waals surface area (Å²) in [5, 5.41) is 0.632. The Morgan fingerprint density at radius 2 is 1.73 bits per heavy atom. The number of methoxy groups -OCH3 is 1. The normalized spacial score (nSPS) is 15.2. The van der Waals surface area contributed by atoms with Crippen LogP contribution in [0.25, 0.3) is 6.08 Å². The molecule has 0 bridgehead atoms. The number of ether oxygens (including phenoxy) is 2. The molecule has 1 aliphatic rings. The Bertz CT molecular complexity index is 886. The molecule has 0 saturated heterocycles. The fraction of sp³-hybridized carbons (Fsp3) is 0.100. The summed E-state index contributed by atoms with van der Waals surface area (Å²) < 4.78 is 10.4. The van der Waals surface area contributed by atoms with E-state index in [1.165, 1.54) is 18.9 Å². The van der Waals surface area contributed by atoms with Gasteiger partial charge in [0, 0.05) is 10.8 Å². The number of halogens is 1. The maximum Gasteiger partial charge on any atom is 0.343 e. The molecule has 2 aromatic rings. The largest absolute Gasteiger partial charge is 0.466 e. The van der Waals surface area contributed by atoms with E-state index in [1.807, 2.05) is 24.3 Å². The predicted octanol–water partition coefficient (Wildman–Crippen LogP) is 4.71. The maximum atomic E-state index is 12.4. The lowest BCUT2D eigenvalue weighted by Crippen LogP contribution is -2.11. The molecule has 0 aliphatic carbocycles. The maximum absolute atomic E-state index is 12.4. The van der Waals surface area contributed by atoms with Crippen LogP contribution in [0, 0.1) is 0 Å². The van der Waals surface area contributed by atoms with Crippen molar-refractivity contribution in [2.75, 3.05) is 12.9 Å². The number of rotatable bonds is 4. The lowest BCUT2D eigenvalue weighted by molar-refractivity contribution is -0.136. The second-order valence-electron chi connectivity index (χ2n) is 5.40. The van der Waals surface area contributed by atoms with Crippen molar-refractivity contribution >= 4 is 41.4 Å². The minimum Gasteiger partial charge on any atom is -0.466 e. The van der Waals surface area contributed by atoms with Gasteiger partial charge in [-0.25, -0.2) is 9.59 Å². The van der Waals surface area contributed by atoms with Gasteiger partial charge >= 0.3 is 11.9 Å². The van der Waals surface area contributed by atoms with Crippen molar-refractivity contribution in [3.05, 3.63) is 87.0 Å². The third-order valence-electron chi connectivity index (χ3n) is 3.67. The van der Waals surface area contributed by atoms with Crippen molar-refractivity contribution in [3.63, 3.8) is 0 Å². The number of carbonyl (C=O) groups excluding carboxylic acids is 2. The van der Waals surface area contributed by atoms with E-state index in [-0.39, 0.29) is 5.76 Å². The molecular formula is C20H15ClO4S. The van der Waals surface area contributed by atoms with E-state index in [0.29, 0.717) is 26.8 Å². The van der Waals surface area contributed by atoms with Gasteiger partial charge in [-0.2, -0.15) is 0 Å². The minimum absolute atomic E-state index is 0.241. The average Bonchev–Trinajstić information content (AvgIpc) is 3.06. The van der Waals surface area contributed by atoms with Crippen LogP contribution < -0.4 is 0 Å². The van der Waals surface area contributed by atoms with Gasteiger partial charge in [-0.05, 0) is 35.9 Å². The van der Waals surface area contributed by atoms with Crippen molar-refractivity contribution in [1.82, 2.24) is 0 Å². The molecule has 4 nitrogen and oxygen atoms in total. The van der Waals surface area contributed by atoms with E-state index in [1.54, 1.807) is 36.4 Å². The van der Waals surface area contributed by atoms with Crippen LogP contribution in [0.1, 0.15) is 15.9 Å². The summed E-state index contributed by atoms with van der Waals surface area (Å²) in [6, 6.07) is 15.9. The summed E-state index contributed by atoms with van der Waals surface area (Å²) in [5.41, 5.74) is 1.63. The lowest BCUT2D eigenvalue weighted by atomic mass is 10.1. The Balaban J connectivity index is 1.94. The standard InChI is InChI=1S/C20H15ClO4S/c1-24-20(23)16-12-26-17(11-13-7-9-15(21)10-8-13)18(16)25-19(22)14-5-3-2-4-6-14/h2-11H,12H2,1H3/b17-11-. The number of carbonyl (C=O) groups is 2. The van der Waals surface area contributed by atoms with Crippen LogP contribution in [-0.4, -0.2) is 24.8 Å². The number of hydrogen-bond donors (Lipinski definition) is 0. The van der Waals surface area contributed by atoms with Crippen LogP contribution in [0.15, 0.2) is 70.8 Å². The third-order valence-corrected chi connectivity index (χ3v) is 4.97. The van der Waals surface area contributed by atoms with Gasteiger partial charge in [0.25, 0.3) is 0 Å². The molecule has 2 aromatic carbocycles. The molecule has 0 N–H and O–H groups in total. The molecule has 0 saturated carbocycles. The topological polar surface area (TPSA) is 52.6 Å². The molecule has 26 heavy (non-hydrogen) atoms. The number of benzene rings is 2. The molecule has 0 radical (unpaired) electrons. The van der Waals surface area contributed by atoms with Gasteiger partial charge in [0.15, 0.2) is 5.76 Å². The summed E-state index contributed by atoms with van der Waals surface area (Å²) >= 11 is 7.33. The van der Waals surface area contributed by atoms with E-state index >= 15 is 0 Å². The zero-order chi connectivity index (χ0) is 18.5. The number of hydrogen-bond acceptors (Lipinski definition) is 5. The fourth-order valence-electron chi connectivity index (χ4n) is 2.36. The van der Waals surface area contributed by atoms with Gasteiger partial charge in [0.05, 0.1) is 23.2 Å². The molecular weight excluding hydrogens is 372 g/mol. The Morgan fingerprint density at radius 3 is 2.38 bits per heavy atom. The fourth-order valence-corrected chi connectivity index (χ4v) is 3.55. The molecule has 1 aliphatic heterocycles. The first-order valence-electron chi connectivity index (χ1n) is 7.77.